The first kappa shape index (κ1) is 16.7. The summed E-state index contributed by atoms with van der Waals surface area (Å²) >= 11 is 0. The van der Waals surface area contributed by atoms with Crippen molar-refractivity contribution in [1.29, 1.82) is 0 Å². The Morgan fingerprint density at radius 3 is 2.83 bits per heavy atom. The van der Waals surface area contributed by atoms with Crippen molar-refractivity contribution in [3.8, 4) is 5.75 Å². The van der Waals surface area contributed by atoms with Gasteiger partial charge in [-0.15, -0.1) is 0 Å². The lowest BCUT2D eigenvalue weighted by Crippen LogP contribution is -2.36. The fourth-order valence-corrected chi connectivity index (χ4v) is 3.12. The quantitative estimate of drug-likeness (QED) is 0.938. The summed E-state index contributed by atoms with van der Waals surface area (Å²) in [5.41, 5.74) is 4.27. The number of hydrogen-bond donors (Lipinski definition) is 1. The van der Waals surface area contributed by atoms with Crippen molar-refractivity contribution in [2.45, 2.75) is 46.2 Å². The Morgan fingerprint density at radius 1 is 1.38 bits per heavy atom. The molecule has 1 aliphatic rings. The van der Waals surface area contributed by atoms with Gasteiger partial charge in [0.15, 0.2) is 0 Å². The third-order valence-electron chi connectivity index (χ3n) is 4.66. The number of aryl methyl sites for hydroxylation is 1. The van der Waals surface area contributed by atoms with Gasteiger partial charge in [0.2, 0.25) is 0 Å². The van der Waals surface area contributed by atoms with Crippen LogP contribution in [0.15, 0.2) is 23.0 Å². The molecule has 0 saturated heterocycles. The number of aromatic nitrogens is 2. The summed E-state index contributed by atoms with van der Waals surface area (Å²) in [6.07, 6.45) is 0.828. The van der Waals surface area contributed by atoms with E-state index in [0.29, 0.717) is 6.54 Å². The first-order valence-electron chi connectivity index (χ1n) is 8.45. The predicted octanol–water partition coefficient (Wildman–Crippen LogP) is 2.77. The smallest absolute Gasteiger partial charge is 0.255 e. The Labute approximate surface area is 142 Å². The fraction of sp³-hybridized carbons (Fsp3) is 0.474. The maximum absolute atomic E-state index is 12.4. The van der Waals surface area contributed by atoms with Crippen molar-refractivity contribution >= 4 is 0 Å². The first-order valence-corrected chi connectivity index (χ1v) is 8.45. The molecule has 0 spiro atoms. The summed E-state index contributed by atoms with van der Waals surface area (Å²) in [4.78, 5) is 22.3. The lowest BCUT2D eigenvalue weighted by Gasteiger charge is -2.28. The summed E-state index contributed by atoms with van der Waals surface area (Å²) in [5.74, 6) is 1.91. The minimum absolute atomic E-state index is 0.0138. The van der Waals surface area contributed by atoms with Gasteiger partial charge in [0.05, 0.1) is 18.4 Å². The van der Waals surface area contributed by atoms with Crippen molar-refractivity contribution in [2.75, 3.05) is 13.7 Å². The molecule has 128 valence electrons. The molecule has 1 aromatic heterocycles. The van der Waals surface area contributed by atoms with E-state index in [9.17, 15) is 4.79 Å². The number of hydrogen-bond acceptors (Lipinski definition) is 4. The van der Waals surface area contributed by atoms with Crippen molar-refractivity contribution in [1.82, 2.24) is 14.9 Å². The SMILES string of the molecule is COc1ccc(CN2CCc3nc(C(C)C)[nH]c(=O)c3C2)c(C)c1. The molecule has 0 amide bonds. The largest absolute Gasteiger partial charge is 0.497 e. The molecule has 0 aliphatic carbocycles. The van der Waals surface area contributed by atoms with E-state index in [4.69, 9.17) is 4.74 Å². The van der Waals surface area contributed by atoms with Crippen LogP contribution in [0.2, 0.25) is 0 Å². The van der Waals surface area contributed by atoms with Crippen LogP contribution >= 0.6 is 0 Å². The van der Waals surface area contributed by atoms with Gasteiger partial charge < -0.3 is 9.72 Å². The van der Waals surface area contributed by atoms with Crippen LogP contribution in [0.3, 0.4) is 0 Å². The van der Waals surface area contributed by atoms with Gasteiger partial charge in [-0.25, -0.2) is 4.98 Å². The van der Waals surface area contributed by atoms with Gasteiger partial charge in [0.1, 0.15) is 11.6 Å². The van der Waals surface area contributed by atoms with E-state index in [1.54, 1.807) is 7.11 Å². The molecule has 5 heteroatoms. The van der Waals surface area contributed by atoms with Gasteiger partial charge in [-0.1, -0.05) is 19.9 Å². The van der Waals surface area contributed by atoms with Crippen LogP contribution in [0.4, 0.5) is 0 Å². The van der Waals surface area contributed by atoms with Gasteiger partial charge in [-0.05, 0) is 30.2 Å². The number of benzene rings is 1. The molecule has 3 rings (SSSR count). The highest BCUT2D eigenvalue weighted by Crippen LogP contribution is 2.22. The van der Waals surface area contributed by atoms with Crippen LogP contribution in [0.5, 0.6) is 5.75 Å². The highest BCUT2D eigenvalue weighted by Gasteiger charge is 2.22. The molecule has 5 nitrogen and oxygen atoms in total. The molecule has 0 radical (unpaired) electrons. The van der Waals surface area contributed by atoms with Crippen LogP contribution < -0.4 is 10.3 Å². The molecule has 2 aromatic rings. The number of H-pyrrole nitrogens is 1. The molecule has 1 aliphatic heterocycles. The Morgan fingerprint density at radius 2 is 2.17 bits per heavy atom. The minimum atomic E-state index is 0.0138. The Kier molecular flexibility index (Phi) is 4.71. The summed E-state index contributed by atoms with van der Waals surface area (Å²) in [6, 6.07) is 6.15. The standard InChI is InChI=1S/C19H25N3O2/c1-12(2)18-20-17-7-8-22(11-16(17)19(23)21-18)10-14-5-6-15(24-4)9-13(14)3/h5-6,9,12H,7-8,10-11H2,1-4H3,(H,20,21,23). The molecular weight excluding hydrogens is 302 g/mol. The molecule has 0 saturated carbocycles. The number of nitrogens with zero attached hydrogens (tertiary/aromatic N) is 2. The molecule has 24 heavy (non-hydrogen) atoms. The zero-order chi connectivity index (χ0) is 17.3. The van der Waals surface area contributed by atoms with Gasteiger partial charge in [-0.2, -0.15) is 0 Å². The number of ether oxygens (including phenoxy) is 1. The second-order valence-corrected chi connectivity index (χ2v) is 6.78. The highest BCUT2D eigenvalue weighted by molar-refractivity contribution is 5.35. The number of nitrogens with one attached hydrogen (secondary N) is 1. The second-order valence-electron chi connectivity index (χ2n) is 6.78. The number of rotatable bonds is 4. The van der Waals surface area contributed by atoms with Crippen molar-refractivity contribution in [3.63, 3.8) is 0 Å². The van der Waals surface area contributed by atoms with E-state index in [0.717, 1.165) is 42.3 Å². The van der Waals surface area contributed by atoms with E-state index < -0.39 is 0 Å². The zero-order valence-electron chi connectivity index (χ0n) is 14.8. The van der Waals surface area contributed by atoms with Crippen LogP contribution in [-0.2, 0) is 19.5 Å². The molecule has 0 bridgehead atoms. The number of aromatic amines is 1. The van der Waals surface area contributed by atoms with Crippen LogP contribution in [0, 0.1) is 6.92 Å². The molecule has 1 aromatic carbocycles. The maximum Gasteiger partial charge on any atom is 0.255 e. The minimum Gasteiger partial charge on any atom is -0.497 e. The summed E-state index contributed by atoms with van der Waals surface area (Å²) in [7, 11) is 1.68. The fourth-order valence-electron chi connectivity index (χ4n) is 3.12. The van der Waals surface area contributed by atoms with Crippen LogP contribution in [0.1, 0.15) is 48.0 Å². The van der Waals surface area contributed by atoms with Gasteiger partial charge in [0, 0.05) is 32.0 Å². The highest BCUT2D eigenvalue weighted by atomic mass is 16.5. The molecule has 2 heterocycles. The van der Waals surface area contributed by atoms with E-state index in [2.05, 4.69) is 33.9 Å². The van der Waals surface area contributed by atoms with E-state index >= 15 is 0 Å². The summed E-state index contributed by atoms with van der Waals surface area (Å²) in [6.45, 7) is 8.60. The molecule has 0 fully saturated rings. The maximum atomic E-state index is 12.4. The Bertz CT molecular complexity index is 796. The third-order valence-corrected chi connectivity index (χ3v) is 4.66. The lowest BCUT2D eigenvalue weighted by molar-refractivity contribution is 0.240. The normalized spacial score (nSPS) is 14.7. The first-order chi connectivity index (χ1) is 11.5. The van der Waals surface area contributed by atoms with Crippen LogP contribution in [-0.4, -0.2) is 28.5 Å². The molecule has 0 atom stereocenters. The predicted molar refractivity (Wildman–Crippen MR) is 94.5 cm³/mol. The molecule has 1 N–H and O–H groups in total. The van der Waals surface area contributed by atoms with Gasteiger partial charge in [0.25, 0.3) is 5.56 Å². The topological polar surface area (TPSA) is 58.2 Å². The van der Waals surface area contributed by atoms with Gasteiger partial charge in [-0.3, -0.25) is 9.69 Å². The molecular formula is C19H25N3O2. The van der Waals surface area contributed by atoms with Crippen molar-refractivity contribution < 1.29 is 4.74 Å². The summed E-state index contributed by atoms with van der Waals surface area (Å²) < 4.78 is 5.27. The van der Waals surface area contributed by atoms with E-state index in [1.807, 2.05) is 19.9 Å². The lowest BCUT2D eigenvalue weighted by atomic mass is 10.0. The Hall–Kier alpha value is -2.14. The van der Waals surface area contributed by atoms with Crippen LogP contribution in [0.25, 0.3) is 0 Å². The zero-order valence-corrected chi connectivity index (χ0v) is 14.8. The average Bonchev–Trinajstić information content (AvgIpc) is 2.57. The van der Waals surface area contributed by atoms with Crippen molar-refractivity contribution in [3.05, 3.63) is 56.8 Å². The Balaban J connectivity index is 1.79. The number of methoxy groups -OCH3 is 1. The molecule has 0 unspecified atom stereocenters. The average molecular weight is 327 g/mol. The third kappa shape index (κ3) is 3.36. The van der Waals surface area contributed by atoms with Gasteiger partial charge >= 0.3 is 0 Å². The van der Waals surface area contributed by atoms with Crippen molar-refractivity contribution in [2.24, 2.45) is 0 Å². The summed E-state index contributed by atoms with van der Waals surface area (Å²) in [5, 5.41) is 0. The van der Waals surface area contributed by atoms with E-state index in [1.165, 1.54) is 11.1 Å². The monoisotopic (exact) mass is 327 g/mol. The van der Waals surface area contributed by atoms with E-state index in [-0.39, 0.29) is 11.5 Å². The second kappa shape index (κ2) is 6.77. The number of fused-ring (bicyclic) bond motifs is 1.